The zero-order chi connectivity index (χ0) is 26.3. The van der Waals surface area contributed by atoms with Crippen molar-refractivity contribution in [3.05, 3.63) is 90.1 Å². The Hall–Kier alpha value is -4.48. The van der Waals surface area contributed by atoms with Crippen LogP contribution in [0.5, 0.6) is 5.75 Å². The van der Waals surface area contributed by atoms with Crippen LogP contribution < -0.4 is 15.0 Å². The van der Waals surface area contributed by atoms with Gasteiger partial charge in [0.15, 0.2) is 11.7 Å². The molecule has 0 aliphatic carbocycles. The Morgan fingerprint density at radius 1 is 0.947 bits per heavy atom. The molecule has 1 aliphatic rings. The lowest BCUT2D eigenvalue weighted by atomic mass is 10.0. The Kier molecular flexibility index (Phi) is 7.76. The largest absolute Gasteiger partial charge is 0.494 e. The van der Waals surface area contributed by atoms with Crippen LogP contribution in [-0.4, -0.2) is 53.6 Å². The molecule has 1 amide bonds. The van der Waals surface area contributed by atoms with Crippen LogP contribution in [-0.2, 0) is 11.3 Å². The number of rotatable bonds is 8. The third-order valence-electron chi connectivity index (χ3n) is 6.60. The van der Waals surface area contributed by atoms with Crippen LogP contribution in [0.25, 0.3) is 11.0 Å². The van der Waals surface area contributed by atoms with Gasteiger partial charge in [0.2, 0.25) is 5.91 Å². The van der Waals surface area contributed by atoms with Crippen molar-refractivity contribution in [2.75, 3.05) is 43.0 Å². The first-order chi connectivity index (χ1) is 18.6. The van der Waals surface area contributed by atoms with Gasteiger partial charge in [-0.15, -0.1) is 0 Å². The van der Waals surface area contributed by atoms with E-state index in [0.29, 0.717) is 29.3 Å². The summed E-state index contributed by atoms with van der Waals surface area (Å²) < 4.78 is 5.48. The molecule has 0 unspecified atom stereocenters. The average Bonchev–Trinajstić information content (AvgIpc) is 2.95. The van der Waals surface area contributed by atoms with E-state index >= 15 is 0 Å². The number of ether oxygens (including phenoxy) is 1. The molecule has 1 aromatic heterocycles. The SMILES string of the molecule is CCOc1ccc(NC(=O)[C@@H](C#N)c2nc3ccccc3nc2N2CCN(Cc3ccccc3)CC2)cc1. The van der Waals surface area contributed by atoms with Crippen molar-refractivity contribution in [2.24, 2.45) is 0 Å². The molecular weight excluding hydrogens is 476 g/mol. The lowest BCUT2D eigenvalue weighted by Gasteiger charge is -2.36. The molecule has 8 heteroatoms. The molecule has 192 valence electrons. The number of nitriles is 1. The number of carbonyl (C=O) groups is 1. The Morgan fingerprint density at radius 2 is 1.61 bits per heavy atom. The topological polar surface area (TPSA) is 94.4 Å². The summed E-state index contributed by atoms with van der Waals surface area (Å²) in [5.74, 6) is -0.242. The van der Waals surface area contributed by atoms with Gasteiger partial charge in [0, 0.05) is 38.4 Å². The van der Waals surface area contributed by atoms with E-state index in [9.17, 15) is 10.1 Å². The first-order valence-corrected chi connectivity index (χ1v) is 12.9. The van der Waals surface area contributed by atoms with E-state index in [2.05, 4.69) is 45.5 Å². The number of fused-ring (bicyclic) bond motifs is 1. The fourth-order valence-electron chi connectivity index (χ4n) is 4.65. The van der Waals surface area contributed by atoms with Gasteiger partial charge in [0.05, 0.1) is 23.7 Å². The second kappa shape index (κ2) is 11.7. The Balaban J connectivity index is 1.38. The predicted octanol–water partition coefficient (Wildman–Crippen LogP) is 4.60. The van der Waals surface area contributed by atoms with Gasteiger partial charge in [-0.05, 0) is 48.9 Å². The maximum atomic E-state index is 13.3. The van der Waals surface area contributed by atoms with Crippen LogP contribution >= 0.6 is 0 Å². The standard InChI is InChI=1S/C30H30N6O2/c1-2-38-24-14-12-23(13-15-24)32-30(37)25(20-31)28-29(34-27-11-7-6-10-26(27)33-28)36-18-16-35(17-19-36)21-22-8-4-3-5-9-22/h3-15,25H,2,16-19,21H2,1H3,(H,32,37)/t25-/m0/s1. The van der Waals surface area contributed by atoms with Crippen molar-refractivity contribution in [2.45, 2.75) is 19.4 Å². The van der Waals surface area contributed by atoms with Crippen molar-refractivity contribution in [3.8, 4) is 11.8 Å². The van der Waals surface area contributed by atoms with Crippen LogP contribution in [0.2, 0.25) is 0 Å². The van der Waals surface area contributed by atoms with Crippen LogP contribution in [0.1, 0.15) is 24.1 Å². The zero-order valence-electron chi connectivity index (χ0n) is 21.4. The van der Waals surface area contributed by atoms with Crippen molar-refractivity contribution in [3.63, 3.8) is 0 Å². The molecule has 2 heterocycles. The van der Waals surface area contributed by atoms with Gasteiger partial charge in [-0.3, -0.25) is 9.69 Å². The van der Waals surface area contributed by atoms with Gasteiger partial charge in [-0.2, -0.15) is 5.26 Å². The Bertz CT molecular complexity index is 1430. The first-order valence-electron chi connectivity index (χ1n) is 12.9. The second-order valence-corrected chi connectivity index (χ2v) is 9.18. The maximum absolute atomic E-state index is 13.3. The monoisotopic (exact) mass is 506 g/mol. The number of benzene rings is 3. The molecule has 1 N–H and O–H groups in total. The van der Waals surface area contributed by atoms with E-state index in [1.807, 2.05) is 37.3 Å². The molecule has 0 bridgehead atoms. The highest BCUT2D eigenvalue weighted by molar-refractivity contribution is 5.98. The quantitative estimate of drug-likeness (QED) is 0.373. The summed E-state index contributed by atoms with van der Waals surface area (Å²) >= 11 is 0. The molecule has 1 fully saturated rings. The Morgan fingerprint density at radius 3 is 2.26 bits per heavy atom. The highest BCUT2D eigenvalue weighted by Gasteiger charge is 2.30. The number of aromatic nitrogens is 2. The molecule has 0 saturated carbocycles. The molecule has 1 atom stereocenters. The van der Waals surface area contributed by atoms with Crippen molar-refractivity contribution in [1.29, 1.82) is 5.26 Å². The average molecular weight is 507 g/mol. The summed E-state index contributed by atoms with van der Waals surface area (Å²) in [5, 5.41) is 13.0. The maximum Gasteiger partial charge on any atom is 0.248 e. The first kappa shape index (κ1) is 25.2. The molecule has 8 nitrogen and oxygen atoms in total. The van der Waals surface area contributed by atoms with E-state index in [0.717, 1.165) is 44.0 Å². The molecular formula is C30H30N6O2. The molecule has 5 rings (SSSR count). The molecule has 1 aliphatic heterocycles. The van der Waals surface area contributed by atoms with Crippen LogP contribution in [0.4, 0.5) is 11.5 Å². The van der Waals surface area contributed by atoms with E-state index in [1.165, 1.54) is 5.56 Å². The fourth-order valence-corrected chi connectivity index (χ4v) is 4.65. The number of nitrogens with one attached hydrogen (secondary N) is 1. The van der Waals surface area contributed by atoms with Crippen molar-refractivity contribution < 1.29 is 9.53 Å². The van der Waals surface area contributed by atoms with Crippen LogP contribution in [0, 0.1) is 11.3 Å². The highest BCUT2D eigenvalue weighted by Crippen LogP contribution is 2.29. The number of para-hydroxylation sites is 2. The predicted molar refractivity (Wildman–Crippen MR) is 148 cm³/mol. The van der Waals surface area contributed by atoms with Gasteiger partial charge in [0.1, 0.15) is 11.4 Å². The lowest BCUT2D eigenvalue weighted by molar-refractivity contribution is -0.116. The summed E-state index contributed by atoms with van der Waals surface area (Å²) in [6.07, 6.45) is 0. The molecule has 0 radical (unpaired) electrons. The summed E-state index contributed by atoms with van der Waals surface area (Å²) in [6, 6.07) is 27.3. The highest BCUT2D eigenvalue weighted by atomic mass is 16.5. The number of carbonyl (C=O) groups excluding carboxylic acids is 1. The van der Waals surface area contributed by atoms with Crippen LogP contribution in [0.15, 0.2) is 78.9 Å². The van der Waals surface area contributed by atoms with E-state index < -0.39 is 11.8 Å². The van der Waals surface area contributed by atoms with E-state index in [-0.39, 0.29) is 0 Å². The summed E-state index contributed by atoms with van der Waals surface area (Å²) in [4.78, 5) is 27.6. The number of hydrogen-bond donors (Lipinski definition) is 1. The molecule has 4 aromatic rings. The van der Waals surface area contributed by atoms with Gasteiger partial charge in [0.25, 0.3) is 0 Å². The van der Waals surface area contributed by atoms with Gasteiger partial charge in [-0.1, -0.05) is 42.5 Å². The molecule has 0 spiro atoms. The van der Waals surface area contributed by atoms with Gasteiger partial charge < -0.3 is 15.0 Å². The number of piperazine rings is 1. The Labute approximate surface area is 222 Å². The summed E-state index contributed by atoms with van der Waals surface area (Å²) in [6.45, 7) is 6.51. The van der Waals surface area contributed by atoms with E-state index in [4.69, 9.17) is 14.7 Å². The lowest BCUT2D eigenvalue weighted by Crippen LogP contribution is -2.46. The van der Waals surface area contributed by atoms with E-state index in [1.54, 1.807) is 24.3 Å². The van der Waals surface area contributed by atoms with Gasteiger partial charge >= 0.3 is 0 Å². The number of amides is 1. The normalized spacial score (nSPS) is 14.6. The molecule has 3 aromatic carbocycles. The minimum Gasteiger partial charge on any atom is -0.494 e. The molecule has 38 heavy (non-hydrogen) atoms. The summed E-state index contributed by atoms with van der Waals surface area (Å²) in [7, 11) is 0. The fraction of sp³-hybridized carbons (Fsp3) is 0.267. The van der Waals surface area contributed by atoms with Crippen molar-refractivity contribution >= 4 is 28.4 Å². The molecule has 1 saturated heterocycles. The summed E-state index contributed by atoms with van der Waals surface area (Å²) in [5.41, 5.74) is 3.64. The zero-order valence-corrected chi connectivity index (χ0v) is 21.4. The van der Waals surface area contributed by atoms with Crippen LogP contribution in [0.3, 0.4) is 0 Å². The smallest absolute Gasteiger partial charge is 0.248 e. The minimum absolute atomic E-state index is 0.381. The third kappa shape index (κ3) is 5.74. The second-order valence-electron chi connectivity index (χ2n) is 9.18. The van der Waals surface area contributed by atoms with Crippen molar-refractivity contribution in [1.82, 2.24) is 14.9 Å². The van der Waals surface area contributed by atoms with Gasteiger partial charge in [-0.25, -0.2) is 9.97 Å². The number of nitrogens with zero attached hydrogens (tertiary/aromatic N) is 5. The minimum atomic E-state index is -1.11. The number of hydrogen-bond acceptors (Lipinski definition) is 7. The third-order valence-corrected chi connectivity index (χ3v) is 6.60. The number of anilines is 2.